The van der Waals surface area contributed by atoms with Crippen molar-refractivity contribution >= 4 is 11.4 Å². The van der Waals surface area contributed by atoms with Crippen LogP contribution in [0.2, 0.25) is 0 Å². The van der Waals surface area contributed by atoms with Gasteiger partial charge in [-0.1, -0.05) is 26.3 Å². The Morgan fingerprint density at radius 1 is 1.33 bits per heavy atom. The van der Waals surface area contributed by atoms with Crippen LogP contribution in [-0.2, 0) is 13.1 Å². The van der Waals surface area contributed by atoms with Crippen molar-refractivity contribution < 1.29 is 5.11 Å². The smallest absolute Gasteiger partial charge is 0.331 e. The van der Waals surface area contributed by atoms with Gasteiger partial charge in [0.15, 0.2) is 11.6 Å². The van der Waals surface area contributed by atoms with Gasteiger partial charge in [0, 0.05) is 19.1 Å². The summed E-state index contributed by atoms with van der Waals surface area (Å²) in [5.74, 6) is 2.17. The Balaban J connectivity index is 1.82. The maximum absolute atomic E-state index is 13.1. The third kappa shape index (κ3) is 3.18. The molecule has 0 saturated heterocycles. The zero-order valence-corrected chi connectivity index (χ0v) is 16.5. The predicted octanol–water partition coefficient (Wildman–Crippen LogP) is 2.87. The summed E-state index contributed by atoms with van der Waals surface area (Å²) in [5.41, 5.74) is 1.20. The number of anilines is 1. The van der Waals surface area contributed by atoms with Crippen LogP contribution in [0.1, 0.15) is 65.1 Å². The van der Waals surface area contributed by atoms with Crippen LogP contribution < -0.4 is 11.0 Å². The molecule has 0 aromatic carbocycles. The Labute approximate surface area is 159 Å². The molecule has 7 heteroatoms. The minimum atomic E-state index is -0.647. The zero-order chi connectivity index (χ0) is 19.2. The molecule has 27 heavy (non-hydrogen) atoms. The van der Waals surface area contributed by atoms with E-state index in [0.29, 0.717) is 37.6 Å². The first kappa shape index (κ1) is 18.2. The van der Waals surface area contributed by atoms with Crippen LogP contribution in [0.15, 0.2) is 10.9 Å². The van der Waals surface area contributed by atoms with Gasteiger partial charge in [0.2, 0.25) is 0 Å². The molecule has 0 amide bonds. The monoisotopic (exact) mass is 371 g/mol. The van der Waals surface area contributed by atoms with Gasteiger partial charge in [-0.2, -0.15) is 0 Å². The summed E-state index contributed by atoms with van der Waals surface area (Å²) >= 11 is 0. The molecular weight excluding hydrogens is 342 g/mol. The van der Waals surface area contributed by atoms with Crippen molar-refractivity contribution in [3.63, 3.8) is 0 Å². The number of rotatable bonds is 5. The van der Waals surface area contributed by atoms with Crippen molar-refractivity contribution in [1.82, 2.24) is 19.1 Å². The minimum Gasteiger partial charge on any atom is -0.390 e. The number of nitrogens with one attached hydrogen (secondary N) is 1. The number of allylic oxidation sites excluding steroid dienone is 1. The molecule has 4 rings (SSSR count). The maximum Gasteiger partial charge on any atom is 0.331 e. The number of hydrogen-bond donors (Lipinski definition) is 2. The fraction of sp³-hybridized carbons (Fsp3) is 0.650. The van der Waals surface area contributed by atoms with Gasteiger partial charge < -0.3 is 10.4 Å². The average molecular weight is 371 g/mol. The van der Waals surface area contributed by atoms with Gasteiger partial charge >= 0.3 is 5.69 Å². The van der Waals surface area contributed by atoms with Crippen molar-refractivity contribution in [3.05, 3.63) is 22.4 Å². The summed E-state index contributed by atoms with van der Waals surface area (Å²) in [6.07, 6.45) is 7.08. The molecule has 0 bridgehead atoms. The number of aliphatic hydroxyl groups is 1. The Morgan fingerprint density at radius 2 is 2.15 bits per heavy atom. The second-order valence-corrected chi connectivity index (χ2v) is 8.17. The molecule has 3 heterocycles. The molecule has 2 atom stereocenters. The molecule has 0 saturated carbocycles. The second-order valence-electron chi connectivity index (χ2n) is 8.17. The van der Waals surface area contributed by atoms with E-state index in [2.05, 4.69) is 19.2 Å². The summed E-state index contributed by atoms with van der Waals surface area (Å²) in [5, 5.41) is 13.7. The van der Waals surface area contributed by atoms with E-state index in [9.17, 15) is 9.90 Å². The van der Waals surface area contributed by atoms with Gasteiger partial charge in [0.05, 0.1) is 5.60 Å². The highest BCUT2D eigenvalue weighted by molar-refractivity contribution is 5.74. The van der Waals surface area contributed by atoms with Crippen LogP contribution in [0.5, 0.6) is 0 Å². The molecule has 1 unspecified atom stereocenters. The lowest BCUT2D eigenvalue weighted by molar-refractivity contribution is 0.0523. The largest absolute Gasteiger partial charge is 0.390 e. The molecule has 7 nitrogen and oxygen atoms in total. The molecule has 4 aliphatic rings. The highest BCUT2D eigenvalue weighted by atomic mass is 16.3. The van der Waals surface area contributed by atoms with Crippen LogP contribution >= 0.6 is 0 Å². The second kappa shape index (κ2) is 6.78. The molecule has 3 aliphatic heterocycles. The quantitative estimate of drug-likeness (QED) is 0.844. The molecule has 146 valence electrons. The van der Waals surface area contributed by atoms with E-state index in [4.69, 9.17) is 9.97 Å². The highest BCUT2D eigenvalue weighted by Crippen LogP contribution is 2.36. The van der Waals surface area contributed by atoms with Crippen LogP contribution in [0.3, 0.4) is 0 Å². The molecule has 0 aromatic rings. The third-order valence-electron chi connectivity index (χ3n) is 5.69. The number of aromatic nitrogens is 4. The Bertz CT molecular complexity index is 908. The molecule has 2 N–H and O–H groups in total. The normalized spacial score (nSPS) is 24.7. The number of hydrogen-bond acceptors (Lipinski definition) is 5. The fourth-order valence-corrected chi connectivity index (χ4v) is 4.15. The SMILES string of the molecule is CCC[C@@H]1Cn2c(c3nc(C4=CCC(C)(O)CC4)nc-3n(CCC)c2=O)N1. The van der Waals surface area contributed by atoms with Crippen LogP contribution in [0.4, 0.5) is 5.82 Å². The van der Waals surface area contributed by atoms with Gasteiger partial charge in [-0.25, -0.2) is 14.8 Å². The van der Waals surface area contributed by atoms with Crippen molar-refractivity contribution in [3.8, 4) is 11.5 Å². The Hall–Kier alpha value is -2.15. The molecule has 0 aromatic heterocycles. The first-order chi connectivity index (χ1) is 12.9. The summed E-state index contributed by atoms with van der Waals surface area (Å²) in [4.78, 5) is 22.6. The summed E-state index contributed by atoms with van der Waals surface area (Å²) in [7, 11) is 0. The van der Waals surface area contributed by atoms with E-state index in [1.165, 1.54) is 0 Å². The van der Waals surface area contributed by atoms with Crippen molar-refractivity contribution in [2.24, 2.45) is 0 Å². The van der Waals surface area contributed by atoms with Crippen molar-refractivity contribution in [1.29, 1.82) is 0 Å². The Kier molecular flexibility index (Phi) is 4.58. The minimum absolute atomic E-state index is 0.00235. The number of nitrogens with zero attached hydrogens (tertiary/aromatic N) is 4. The first-order valence-electron chi connectivity index (χ1n) is 10.1. The van der Waals surface area contributed by atoms with E-state index >= 15 is 0 Å². The first-order valence-corrected chi connectivity index (χ1v) is 10.1. The molecule has 0 radical (unpaired) electrons. The third-order valence-corrected chi connectivity index (χ3v) is 5.69. The van der Waals surface area contributed by atoms with E-state index < -0.39 is 5.60 Å². The number of imidazole rings is 1. The van der Waals surface area contributed by atoms with Crippen LogP contribution in [0, 0.1) is 0 Å². The van der Waals surface area contributed by atoms with Crippen LogP contribution in [-0.4, -0.2) is 35.9 Å². The topological polar surface area (TPSA) is 85.0 Å². The van der Waals surface area contributed by atoms with Gasteiger partial charge in [0.25, 0.3) is 0 Å². The number of fused-ring (bicyclic) bond motifs is 3. The predicted molar refractivity (Wildman–Crippen MR) is 106 cm³/mol. The fourth-order valence-electron chi connectivity index (χ4n) is 4.15. The standard InChI is InChI=1S/C20H29N5O2/c1-4-6-14-12-25-17(21-14)15-18(24(11-5-2)19(25)26)23-16(22-15)13-7-9-20(3,27)10-8-13/h7,14,21,27H,4-6,8-12H2,1-3H3/t14-,20?/m1/s1. The molecule has 0 spiro atoms. The lowest BCUT2D eigenvalue weighted by Gasteiger charge is -2.26. The zero-order valence-electron chi connectivity index (χ0n) is 16.5. The lowest BCUT2D eigenvalue weighted by Crippen LogP contribution is -2.32. The van der Waals surface area contributed by atoms with Gasteiger partial charge in [0.1, 0.15) is 11.5 Å². The lowest BCUT2D eigenvalue weighted by atomic mass is 9.87. The van der Waals surface area contributed by atoms with Gasteiger partial charge in [-0.15, -0.1) is 0 Å². The molecule has 1 aliphatic carbocycles. The van der Waals surface area contributed by atoms with E-state index in [1.807, 2.05) is 17.6 Å². The van der Waals surface area contributed by atoms with Crippen LogP contribution in [0.25, 0.3) is 17.1 Å². The molecule has 0 fully saturated rings. The average Bonchev–Trinajstić information content (AvgIpc) is 3.23. The van der Waals surface area contributed by atoms with Gasteiger partial charge in [-0.3, -0.25) is 9.13 Å². The summed E-state index contributed by atoms with van der Waals surface area (Å²) in [6.45, 7) is 7.42. The van der Waals surface area contributed by atoms with Crippen molar-refractivity contribution in [2.75, 3.05) is 5.32 Å². The maximum atomic E-state index is 13.1. The van der Waals surface area contributed by atoms with E-state index in [1.54, 1.807) is 4.57 Å². The summed E-state index contributed by atoms with van der Waals surface area (Å²) in [6, 6.07) is 0.271. The van der Waals surface area contributed by atoms with Gasteiger partial charge in [-0.05, 0) is 44.6 Å². The molecular formula is C20H29N5O2. The van der Waals surface area contributed by atoms with Crippen molar-refractivity contribution in [2.45, 2.75) is 84.0 Å². The Morgan fingerprint density at radius 3 is 2.81 bits per heavy atom. The van der Waals surface area contributed by atoms with E-state index in [-0.39, 0.29) is 11.7 Å². The van der Waals surface area contributed by atoms with E-state index in [0.717, 1.165) is 42.8 Å². The highest BCUT2D eigenvalue weighted by Gasteiger charge is 2.32. The summed E-state index contributed by atoms with van der Waals surface area (Å²) < 4.78 is 3.60.